The lowest BCUT2D eigenvalue weighted by Gasteiger charge is -2.10. The van der Waals surface area contributed by atoms with Crippen molar-refractivity contribution in [1.82, 2.24) is 19.6 Å². The highest BCUT2D eigenvalue weighted by molar-refractivity contribution is 5.85. The topological polar surface area (TPSA) is 47.7 Å². The van der Waals surface area contributed by atoms with Gasteiger partial charge < -0.3 is 5.32 Å². The molecule has 0 amide bonds. The largest absolute Gasteiger partial charge is 0.363 e. The van der Waals surface area contributed by atoms with Gasteiger partial charge in [0.15, 0.2) is 5.82 Å². The van der Waals surface area contributed by atoms with E-state index in [9.17, 15) is 0 Å². The van der Waals surface area contributed by atoms with E-state index in [4.69, 9.17) is 0 Å². The van der Waals surface area contributed by atoms with Crippen LogP contribution in [0.3, 0.4) is 0 Å². The van der Waals surface area contributed by atoms with Gasteiger partial charge in [-0.2, -0.15) is 10.2 Å². The second kappa shape index (κ2) is 6.61. The molecule has 0 aliphatic rings. The molecular weight excluding hydrogens is 262 g/mol. The number of hydrogen-bond acceptors (Lipinski definition) is 3. The van der Waals surface area contributed by atoms with Gasteiger partial charge in [-0.25, -0.2) is 0 Å². The van der Waals surface area contributed by atoms with Crippen LogP contribution in [0.2, 0.25) is 0 Å². The van der Waals surface area contributed by atoms with Crippen LogP contribution in [-0.2, 0) is 20.1 Å². The summed E-state index contributed by atoms with van der Waals surface area (Å²) in [7, 11) is 1.93. The third-order valence-electron chi connectivity index (χ3n) is 2.79. The molecule has 0 saturated heterocycles. The minimum atomic E-state index is 0. The maximum Gasteiger partial charge on any atom is 0.151 e. The normalized spacial score (nSPS) is 10.6. The summed E-state index contributed by atoms with van der Waals surface area (Å²) in [6.07, 6.45) is 3.86. The molecule has 0 atom stereocenters. The fourth-order valence-corrected chi connectivity index (χ4v) is 1.98. The third-order valence-corrected chi connectivity index (χ3v) is 2.79. The number of rotatable bonds is 5. The Labute approximate surface area is 120 Å². The summed E-state index contributed by atoms with van der Waals surface area (Å²) < 4.78 is 3.87. The maximum atomic E-state index is 4.38. The van der Waals surface area contributed by atoms with Crippen LogP contribution in [-0.4, -0.2) is 19.6 Å². The summed E-state index contributed by atoms with van der Waals surface area (Å²) in [5.41, 5.74) is 2.35. The molecular formula is C13H22ClN5. The van der Waals surface area contributed by atoms with Crippen molar-refractivity contribution in [2.75, 3.05) is 5.32 Å². The third kappa shape index (κ3) is 3.99. The molecule has 0 spiro atoms. The van der Waals surface area contributed by atoms with Crippen molar-refractivity contribution in [3.8, 4) is 0 Å². The summed E-state index contributed by atoms with van der Waals surface area (Å²) in [4.78, 5) is 0. The van der Waals surface area contributed by atoms with Crippen molar-refractivity contribution in [3.63, 3.8) is 0 Å². The highest BCUT2D eigenvalue weighted by Gasteiger charge is 2.07. The molecule has 2 heterocycles. The predicted octanol–water partition coefficient (Wildman–Crippen LogP) is 2.61. The molecule has 5 nitrogen and oxygen atoms in total. The molecule has 6 heteroatoms. The molecule has 0 saturated carbocycles. The molecule has 19 heavy (non-hydrogen) atoms. The molecule has 0 aliphatic carbocycles. The summed E-state index contributed by atoms with van der Waals surface area (Å²) in [6.45, 7) is 8.15. The molecule has 106 valence electrons. The highest BCUT2D eigenvalue weighted by atomic mass is 35.5. The van der Waals surface area contributed by atoms with E-state index in [1.54, 1.807) is 0 Å². The van der Waals surface area contributed by atoms with Gasteiger partial charge in [0.1, 0.15) is 0 Å². The molecule has 0 fully saturated rings. The quantitative estimate of drug-likeness (QED) is 0.918. The number of aryl methyl sites for hydroxylation is 2. The van der Waals surface area contributed by atoms with Gasteiger partial charge in [-0.1, -0.05) is 13.8 Å². The Hall–Kier alpha value is -1.49. The second-order valence-corrected chi connectivity index (χ2v) is 5.09. The fourth-order valence-electron chi connectivity index (χ4n) is 1.98. The first kappa shape index (κ1) is 15.6. The zero-order chi connectivity index (χ0) is 13.1. The standard InChI is InChI=1S/C13H21N5.ClH/c1-10(2)8-18-12(5-6-15-18)7-14-13-11(3)9-17(4)16-13;/h5-6,9-10H,7-8H2,1-4H3,(H,14,16);1H. The molecule has 2 rings (SSSR count). The first-order valence-corrected chi connectivity index (χ1v) is 6.31. The van der Waals surface area contributed by atoms with E-state index in [1.165, 1.54) is 5.69 Å². The number of nitrogens with one attached hydrogen (secondary N) is 1. The van der Waals surface area contributed by atoms with E-state index in [0.29, 0.717) is 5.92 Å². The van der Waals surface area contributed by atoms with Crippen LogP contribution < -0.4 is 5.32 Å². The fraction of sp³-hybridized carbons (Fsp3) is 0.538. The lowest BCUT2D eigenvalue weighted by Crippen LogP contribution is -2.12. The van der Waals surface area contributed by atoms with Crippen LogP contribution in [0.25, 0.3) is 0 Å². The van der Waals surface area contributed by atoms with Crippen molar-refractivity contribution in [1.29, 1.82) is 0 Å². The van der Waals surface area contributed by atoms with Gasteiger partial charge in [0, 0.05) is 31.5 Å². The first-order valence-electron chi connectivity index (χ1n) is 6.31. The molecule has 0 unspecified atom stereocenters. The van der Waals surface area contributed by atoms with Gasteiger partial charge in [-0.15, -0.1) is 12.4 Å². The Morgan fingerprint density at radius 1 is 1.37 bits per heavy atom. The van der Waals surface area contributed by atoms with Crippen molar-refractivity contribution < 1.29 is 0 Å². The summed E-state index contributed by atoms with van der Waals surface area (Å²) in [5, 5.41) is 12.1. The van der Waals surface area contributed by atoms with Crippen molar-refractivity contribution >= 4 is 18.2 Å². The molecule has 0 aliphatic heterocycles. The van der Waals surface area contributed by atoms with E-state index in [2.05, 4.69) is 41.0 Å². The number of halogens is 1. The molecule has 2 aromatic heterocycles. The van der Waals surface area contributed by atoms with Gasteiger partial charge >= 0.3 is 0 Å². The van der Waals surface area contributed by atoms with Gasteiger partial charge in [0.2, 0.25) is 0 Å². The minimum absolute atomic E-state index is 0. The zero-order valence-corrected chi connectivity index (χ0v) is 12.7. The minimum Gasteiger partial charge on any atom is -0.363 e. The SMILES string of the molecule is Cc1cn(C)nc1NCc1ccnn1CC(C)C.Cl. The smallest absolute Gasteiger partial charge is 0.151 e. The average molecular weight is 284 g/mol. The monoisotopic (exact) mass is 283 g/mol. The highest BCUT2D eigenvalue weighted by Crippen LogP contribution is 2.12. The van der Waals surface area contributed by atoms with Crippen LogP contribution >= 0.6 is 12.4 Å². The van der Waals surface area contributed by atoms with Crippen LogP contribution in [0.4, 0.5) is 5.82 Å². The van der Waals surface area contributed by atoms with Gasteiger partial charge in [-0.05, 0) is 18.9 Å². The van der Waals surface area contributed by atoms with E-state index in [0.717, 1.165) is 24.5 Å². The van der Waals surface area contributed by atoms with E-state index in [1.807, 2.05) is 30.2 Å². The lowest BCUT2D eigenvalue weighted by atomic mass is 10.2. The molecule has 2 aromatic rings. The van der Waals surface area contributed by atoms with Gasteiger partial charge in [-0.3, -0.25) is 9.36 Å². The van der Waals surface area contributed by atoms with Crippen LogP contribution in [0.1, 0.15) is 25.1 Å². The van der Waals surface area contributed by atoms with E-state index in [-0.39, 0.29) is 12.4 Å². The Bertz CT molecular complexity index is 515. The summed E-state index contributed by atoms with van der Waals surface area (Å²) in [5.74, 6) is 1.54. The molecule has 0 aromatic carbocycles. The molecule has 0 radical (unpaired) electrons. The molecule has 0 bridgehead atoms. The van der Waals surface area contributed by atoms with Crippen LogP contribution in [0, 0.1) is 12.8 Å². The first-order chi connectivity index (χ1) is 8.56. The van der Waals surface area contributed by atoms with Crippen molar-refractivity contribution in [2.45, 2.75) is 33.9 Å². The van der Waals surface area contributed by atoms with E-state index >= 15 is 0 Å². The number of hydrogen-bond donors (Lipinski definition) is 1. The Morgan fingerprint density at radius 3 is 2.68 bits per heavy atom. The molecule has 1 N–H and O–H groups in total. The van der Waals surface area contributed by atoms with Crippen LogP contribution in [0.15, 0.2) is 18.5 Å². The Kier molecular flexibility index (Phi) is 5.42. The predicted molar refractivity (Wildman–Crippen MR) is 79.6 cm³/mol. The number of nitrogens with zero attached hydrogens (tertiary/aromatic N) is 4. The van der Waals surface area contributed by atoms with E-state index < -0.39 is 0 Å². The Morgan fingerprint density at radius 2 is 2.11 bits per heavy atom. The van der Waals surface area contributed by atoms with Gasteiger partial charge in [0.25, 0.3) is 0 Å². The Balaban J connectivity index is 0.00000180. The van der Waals surface area contributed by atoms with Crippen LogP contribution in [0.5, 0.6) is 0 Å². The van der Waals surface area contributed by atoms with Crippen molar-refractivity contribution in [2.24, 2.45) is 13.0 Å². The van der Waals surface area contributed by atoms with Gasteiger partial charge in [0.05, 0.1) is 12.2 Å². The number of anilines is 1. The summed E-state index contributed by atoms with van der Waals surface area (Å²) >= 11 is 0. The van der Waals surface area contributed by atoms with Crippen molar-refractivity contribution in [3.05, 3.63) is 29.7 Å². The zero-order valence-electron chi connectivity index (χ0n) is 11.9. The summed E-state index contributed by atoms with van der Waals surface area (Å²) in [6, 6.07) is 2.05. The average Bonchev–Trinajstić information content (AvgIpc) is 2.82. The second-order valence-electron chi connectivity index (χ2n) is 5.09. The number of aromatic nitrogens is 4. The maximum absolute atomic E-state index is 4.38. The lowest BCUT2D eigenvalue weighted by molar-refractivity contribution is 0.470.